The predicted octanol–water partition coefficient (Wildman–Crippen LogP) is 4.02. The molecule has 0 radical (unpaired) electrons. The number of hydrogen-bond donors (Lipinski definition) is 1. The molecule has 1 aromatic heterocycles. The summed E-state index contributed by atoms with van der Waals surface area (Å²) in [6.45, 7) is 6.07. The van der Waals surface area contributed by atoms with Gasteiger partial charge in [-0.05, 0) is 57.5 Å². The molecule has 0 saturated carbocycles. The Hall–Kier alpha value is -0.600. The molecule has 0 aliphatic carbocycles. The van der Waals surface area contributed by atoms with Crippen LogP contribution in [0.15, 0.2) is 29.7 Å². The Kier molecular flexibility index (Phi) is 6.43. The van der Waals surface area contributed by atoms with Gasteiger partial charge in [0.15, 0.2) is 0 Å². The number of allylic oxidation sites excluding steroid dienone is 1. The van der Waals surface area contributed by atoms with E-state index in [1.54, 1.807) is 0 Å². The van der Waals surface area contributed by atoms with Gasteiger partial charge < -0.3 is 5.32 Å². The van der Waals surface area contributed by atoms with E-state index in [0.717, 1.165) is 6.42 Å². The summed E-state index contributed by atoms with van der Waals surface area (Å²) in [5.41, 5.74) is 1.29. The van der Waals surface area contributed by atoms with Crippen molar-refractivity contribution in [2.45, 2.75) is 45.1 Å². The highest BCUT2D eigenvalue weighted by molar-refractivity contribution is 7.09. The predicted molar refractivity (Wildman–Crippen MR) is 74.2 cm³/mol. The van der Waals surface area contributed by atoms with Crippen molar-refractivity contribution in [3.05, 3.63) is 34.5 Å². The van der Waals surface area contributed by atoms with Gasteiger partial charge in [0.05, 0.1) is 0 Å². The zero-order valence-corrected chi connectivity index (χ0v) is 11.3. The van der Waals surface area contributed by atoms with Crippen molar-refractivity contribution in [3.63, 3.8) is 0 Å². The van der Waals surface area contributed by atoms with Crippen molar-refractivity contribution in [1.82, 2.24) is 5.32 Å². The number of rotatable bonds is 8. The van der Waals surface area contributed by atoms with Crippen LogP contribution in [0.4, 0.5) is 0 Å². The van der Waals surface area contributed by atoms with Gasteiger partial charge >= 0.3 is 0 Å². The van der Waals surface area contributed by atoms with E-state index in [1.165, 1.54) is 36.1 Å². The van der Waals surface area contributed by atoms with Crippen molar-refractivity contribution >= 4 is 11.3 Å². The van der Waals surface area contributed by atoms with Crippen LogP contribution < -0.4 is 5.32 Å². The Morgan fingerprint density at radius 3 is 2.88 bits per heavy atom. The van der Waals surface area contributed by atoms with Gasteiger partial charge in [-0.1, -0.05) is 11.6 Å². The standard InChI is InChI=1S/C14H23NS/c1-12(2)9-10-13(15-3)6-4-7-14-8-5-11-16-14/h5,8,11,13,15H,1,4,6-7,9-10H2,2-3H3. The summed E-state index contributed by atoms with van der Waals surface area (Å²) in [5, 5.41) is 5.56. The first kappa shape index (κ1) is 13.5. The highest BCUT2D eigenvalue weighted by atomic mass is 32.1. The van der Waals surface area contributed by atoms with Gasteiger partial charge in [-0.3, -0.25) is 0 Å². The Morgan fingerprint density at radius 1 is 1.50 bits per heavy atom. The minimum Gasteiger partial charge on any atom is -0.317 e. The Bertz CT molecular complexity index is 290. The van der Waals surface area contributed by atoms with Crippen molar-refractivity contribution in [3.8, 4) is 0 Å². The lowest BCUT2D eigenvalue weighted by Gasteiger charge is -2.15. The molecule has 0 bridgehead atoms. The summed E-state index contributed by atoms with van der Waals surface area (Å²) in [7, 11) is 2.06. The first-order valence-corrected chi connectivity index (χ1v) is 6.94. The van der Waals surface area contributed by atoms with Gasteiger partial charge in [0.2, 0.25) is 0 Å². The molecule has 1 N–H and O–H groups in total. The second kappa shape index (κ2) is 7.64. The van der Waals surface area contributed by atoms with Crippen molar-refractivity contribution in [2.24, 2.45) is 0 Å². The van der Waals surface area contributed by atoms with Gasteiger partial charge in [-0.15, -0.1) is 17.9 Å². The summed E-state index contributed by atoms with van der Waals surface area (Å²) in [4.78, 5) is 1.51. The highest BCUT2D eigenvalue weighted by Crippen LogP contribution is 2.15. The minimum atomic E-state index is 0.650. The molecule has 0 fully saturated rings. The second-order valence-electron chi connectivity index (χ2n) is 4.45. The van der Waals surface area contributed by atoms with Gasteiger partial charge in [0, 0.05) is 10.9 Å². The molecule has 0 aliphatic heterocycles. The molecule has 16 heavy (non-hydrogen) atoms. The summed E-state index contributed by atoms with van der Waals surface area (Å²) in [6, 6.07) is 5.01. The summed E-state index contributed by atoms with van der Waals surface area (Å²) in [5.74, 6) is 0. The van der Waals surface area contributed by atoms with Crippen LogP contribution in [-0.2, 0) is 6.42 Å². The smallest absolute Gasteiger partial charge is 0.00672 e. The third-order valence-electron chi connectivity index (χ3n) is 2.88. The van der Waals surface area contributed by atoms with Crippen LogP contribution >= 0.6 is 11.3 Å². The average Bonchev–Trinajstić information content (AvgIpc) is 2.75. The van der Waals surface area contributed by atoms with Crippen molar-refractivity contribution in [1.29, 1.82) is 0 Å². The maximum Gasteiger partial charge on any atom is 0.00672 e. The molecule has 1 nitrogen and oxygen atoms in total. The highest BCUT2D eigenvalue weighted by Gasteiger charge is 2.05. The molecule has 2 heteroatoms. The fourth-order valence-electron chi connectivity index (χ4n) is 1.83. The molecule has 0 saturated heterocycles. The number of aryl methyl sites for hydroxylation is 1. The van der Waals surface area contributed by atoms with Crippen LogP contribution in [0.5, 0.6) is 0 Å². The molecule has 0 aliphatic rings. The topological polar surface area (TPSA) is 12.0 Å². The summed E-state index contributed by atoms with van der Waals surface area (Å²) in [6.07, 6.45) is 6.13. The molecular weight excluding hydrogens is 214 g/mol. The van der Waals surface area contributed by atoms with Gasteiger partial charge in [0.25, 0.3) is 0 Å². The van der Waals surface area contributed by atoms with Crippen molar-refractivity contribution < 1.29 is 0 Å². The third-order valence-corrected chi connectivity index (χ3v) is 3.82. The molecule has 1 unspecified atom stereocenters. The fraction of sp³-hybridized carbons (Fsp3) is 0.571. The molecule has 1 rings (SSSR count). The van der Waals surface area contributed by atoms with E-state index in [0.29, 0.717) is 6.04 Å². The van der Waals surface area contributed by atoms with Gasteiger partial charge in [0.1, 0.15) is 0 Å². The number of nitrogens with one attached hydrogen (secondary N) is 1. The lowest BCUT2D eigenvalue weighted by Crippen LogP contribution is -2.25. The Balaban J connectivity index is 2.16. The van der Waals surface area contributed by atoms with E-state index in [-0.39, 0.29) is 0 Å². The second-order valence-corrected chi connectivity index (χ2v) is 5.49. The van der Waals surface area contributed by atoms with Crippen LogP contribution in [0.3, 0.4) is 0 Å². The van der Waals surface area contributed by atoms with E-state index in [9.17, 15) is 0 Å². The lowest BCUT2D eigenvalue weighted by atomic mass is 10.0. The summed E-state index contributed by atoms with van der Waals surface area (Å²) >= 11 is 1.87. The Morgan fingerprint density at radius 2 is 2.31 bits per heavy atom. The maximum atomic E-state index is 3.96. The van der Waals surface area contributed by atoms with E-state index >= 15 is 0 Å². The van der Waals surface area contributed by atoms with Crippen LogP contribution in [-0.4, -0.2) is 13.1 Å². The molecule has 0 spiro atoms. The lowest BCUT2D eigenvalue weighted by molar-refractivity contribution is 0.474. The van der Waals surface area contributed by atoms with Crippen LogP contribution in [0.25, 0.3) is 0 Å². The molecular formula is C14H23NS. The van der Waals surface area contributed by atoms with Crippen LogP contribution in [0.1, 0.15) is 37.5 Å². The van der Waals surface area contributed by atoms with E-state index in [2.05, 4.69) is 43.4 Å². The van der Waals surface area contributed by atoms with Gasteiger partial charge in [-0.25, -0.2) is 0 Å². The maximum absolute atomic E-state index is 3.96. The molecule has 90 valence electrons. The van der Waals surface area contributed by atoms with Gasteiger partial charge in [-0.2, -0.15) is 0 Å². The molecule has 1 aromatic rings. The van der Waals surface area contributed by atoms with Crippen molar-refractivity contribution in [2.75, 3.05) is 7.05 Å². The molecule has 1 heterocycles. The average molecular weight is 237 g/mol. The van der Waals surface area contributed by atoms with E-state index in [4.69, 9.17) is 0 Å². The van der Waals surface area contributed by atoms with E-state index < -0.39 is 0 Å². The zero-order chi connectivity index (χ0) is 11.8. The molecule has 1 atom stereocenters. The monoisotopic (exact) mass is 237 g/mol. The van der Waals surface area contributed by atoms with Crippen LogP contribution in [0.2, 0.25) is 0 Å². The number of thiophene rings is 1. The molecule has 0 aromatic carbocycles. The third kappa shape index (κ3) is 5.47. The largest absolute Gasteiger partial charge is 0.317 e. The molecule has 0 amide bonds. The quantitative estimate of drug-likeness (QED) is 0.674. The first-order chi connectivity index (χ1) is 7.72. The summed E-state index contributed by atoms with van der Waals surface area (Å²) < 4.78 is 0. The minimum absolute atomic E-state index is 0.650. The van der Waals surface area contributed by atoms with Crippen LogP contribution in [0, 0.1) is 0 Å². The SMILES string of the molecule is C=C(C)CCC(CCCc1cccs1)NC. The fourth-order valence-corrected chi connectivity index (χ4v) is 2.58. The first-order valence-electron chi connectivity index (χ1n) is 6.06. The van der Waals surface area contributed by atoms with E-state index in [1.807, 2.05) is 11.3 Å². The Labute approximate surface area is 104 Å². The normalized spacial score (nSPS) is 12.6. The number of hydrogen-bond acceptors (Lipinski definition) is 2. The zero-order valence-electron chi connectivity index (χ0n) is 10.5.